The molecule has 2 heterocycles. The number of aliphatic imine (C=N–C) groups is 1. The van der Waals surface area contributed by atoms with Gasteiger partial charge in [-0.25, -0.2) is 9.79 Å². The first kappa shape index (κ1) is 16.5. The maximum absolute atomic E-state index is 13.0. The summed E-state index contributed by atoms with van der Waals surface area (Å²) in [5.41, 5.74) is 1.99. The number of hydrogen-bond donors (Lipinski definition) is 0. The normalized spacial score (nSPS) is 33.8. The van der Waals surface area contributed by atoms with Crippen molar-refractivity contribution in [3.8, 4) is 0 Å². The zero-order valence-electron chi connectivity index (χ0n) is 16.0. The number of nitrogens with zero attached hydrogens (tertiary/aromatic N) is 3. The minimum absolute atomic E-state index is 0.0907. The number of hydrogen-bond acceptors (Lipinski definition) is 3. The average molecular weight is 355 g/mol. The van der Waals surface area contributed by atoms with Crippen LogP contribution in [0.3, 0.4) is 0 Å². The van der Waals surface area contributed by atoms with Gasteiger partial charge in [-0.3, -0.25) is 13.9 Å². The van der Waals surface area contributed by atoms with Gasteiger partial charge >= 0.3 is 5.69 Å². The highest BCUT2D eigenvalue weighted by molar-refractivity contribution is 5.98. The fourth-order valence-electron chi connectivity index (χ4n) is 6.76. The third kappa shape index (κ3) is 2.06. The van der Waals surface area contributed by atoms with Crippen molar-refractivity contribution in [1.29, 1.82) is 0 Å². The molecule has 140 valence electrons. The molecular weight excluding hydrogens is 326 g/mol. The standard InChI is InChI=1S/C21H29N3O2/c1-3-5-23-18-16(19(25)24(6-4-2)20(23)26)10-17(22-18)21-11-13-7-14(12-21)9-15(21)8-13/h13-15H,3-12H2,1-2H3/t13-,14-,15?,21?/m1/s1. The summed E-state index contributed by atoms with van der Waals surface area (Å²) in [7, 11) is 0. The third-order valence-corrected chi connectivity index (χ3v) is 7.53. The molecule has 0 amide bonds. The lowest BCUT2D eigenvalue weighted by Crippen LogP contribution is -2.41. The van der Waals surface area contributed by atoms with Gasteiger partial charge in [-0.1, -0.05) is 13.8 Å². The zero-order valence-corrected chi connectivity index (χ0v) is 16.0. The van der Waals surface area contributed by atoms with Crippen molar-refractivity contribution < 1.29 is 0 Å². The molecule has 4 bridgehead atoms. The van der Waals surface area contributed by atoms with Gasteiger partial charge in [0.25, 0.3) is 5.56 Å². The maximum atomic E-state index is 13.0. The topological polar surface area (TPSA) is 56.4 Å². The molecule has 1 aromatic rings. The van der Waals surface area contributed by atoms with E-state index in [4.69, 9.17) is 4.99 Å². The fourth-order valence-corrected chi connectivity index (χ4v) is 6.76. The lowest BCUT2D eigenvalue weighted by molar-refractivity contribution is 0.262. The Morgan fingerprint density at radius 3 is 2.31 bits per heavy atom. The van der Waals surface area contributed by atoms with Crippen LogP contribution < -0.4 is 11.2 Å². The van der Waals surface area contributed by atoms with Crippen LogP contribution in [0.4, 0.5) is 5.82 Å². The average Bonchev–Trinajstić information content (AvgIpc) is 3.24. The summed E-state index contributed by atoms with van der Waals surface area (Å²) < 4.78 is 3.22. The lowest BCUT2D eigenvalue weighted by Gasteiger charge is -2.33. The second-order valence-electron chi connectivity index (χ2n) is 9.13. The van der Waals surface area contributed by atoms with E-state index in [1.54, 1.807) is 4.57 Å². The van der Waals surface area contributed by atoms with Gasteiger partial charge in [-0.2, -0.15) is 0 Å². The van der Waals surface area contributed by atoms with E-state index in [1.807, 2.05) is 6.92 Å². The van der Waals surface area contributed by atoms with Crippen LogP contribution in [0.15, 0.2) is 14.6 Å². The van der Waals surface area contributed by atoms with Gasteiger partial charge in [0.2, 0.25) is 0 Å². The van der Waals surface area contributed by atoms with Gasteiger partial charge in [0.1, 0.15) is 5.82 Å². The van der Waals surface area contributed by atoms with E-state index in [0.29, 0.717) is 25.3 Å². The molecule has 0 unspecified atom stereocenters. The summed E-state index contributed by atoms with van der Waals surface area (Å²) in [4.78, 5) is 31.0. The molecule has 1 aromatic heterocycles. The van der Waals surface area contributed by atoms with Crippen molar-refractivity contribution >= 4 is 11.5 Å². The predicted octanol–water partition coefficient (Wildman–Crippen LogP) is 3.28. The molecule has 26 heavy (non-hydrogen) atoms. The Labute approximate surface area is 154 Å². The highest BCUT2D eigenvalue weighted by atomic mass is 16.2. The van der Waals surface area contributed by atoms with E-state index < -0.39 is 0 Å². The van der Waals surface area contributed by atoms with Crippen LogP contribution in [-0.4, -0.2) is 14.8 Å². The molecule has 2 atom stereocenters. The Bertz CT molecular complexity index is 893. The van der Waals surface area contributed by atoms with Gasteiger partial charge in [-0.05, 0) is 62.7 Å². The van der Waals surface area contributed by atoms with Crippen molar-refractivity contribution in [3.63, 3.8) is 0 Å². The molecule has 0 saturated heterocycles. The molecule has 5 nitrogen and oxygen atoms in total. The fraction of sp³-hybridized carbons (Fsp3) is 0.762. The zero-order chi connectivity index (χ0) is 18.1. The molecule has 4 fully saturated rings. The van der Waals surface area contributed by atoms with Crippen molar-refractivity contribution in [2.45, 2.75) is 78.3 Å². The number of rotatable bonds is 5. The Morgan fingerprint density at radius 1 is 1.00 bits per heavy atom. The van der Waals surface area contributed by atoms with E-state index in [1.165, 1.54) is 42.4 Å². The van der Waals surface area contributed by atoms with Crippen LogP contribution in [0.25, 0.3) is 0 Å². The Kier molecular flexibility index (Phi) is 3.60. The van der Waals surface area contributed by atoms with E-state index in [0.717, 1.165) is 36.2 Å². The molecule has 5 heteroatoms. The monoisotopic (exact) mass is 355 g/mol. The van der Waals surface area contributed by atoms with E-state index in [-0.39, 0.29) is 16.7 Å². The SMILES string of the molecule is CCCn1c2c(c(=O)n(CCC)c1=O)CC(C13C[C@H]4CC1C[C@@H](C4)C3)=N2. The Morgan fingerprint density at radius 2 is 1.65 bits per heavy atom. The van der Waals surface area contributed by atoms with Gasteiger partial charge in [-0.15, -0.1) is 0 Å². The summed E-state index contributed by atoms with van der Waals surface area (Å²) >= 11 is 0. The number of aromatic nitrogens is 2. The largest absolute Gasteiger partial charge is 0.332 e. The molecule has 0 radical (unpaired) electrons. The summed E-state index contributed by atoms with van der Waals surface area (Å²) in [6.45, 7) is 5.23. The Balaban J connectivity index is 1.62. The summed E-state index contributed by atoms with van der Waals surface area (Å²) in [5.74, 6) is 3.19. The smallest absolute Gasteiger partial charge is 0.278 e. The van der Waals surface area contributed by atoms with Crippen molar-refractivity contribution in [1.82, 2.24) is 9.13 Å². The first-order chi connectivity index (χ1) is 12.6. The molecule has 6 rings (SSSR count). The quantitative estimate of drug-likeness (QED) is 0.814. The van der Waals surface area contributed by atoms with E-state index in [9.17, 15) is 9.59 Å². The van der Waals surface area contributed by atoms with Gasteiger partial charge in [0.05, 0.1) is 5.56 Å². The molecule has 0 N–H and O–H groups in total. The molecule has 4 aliphatic carbocycles. The molecule has 4 saturated carbocycles. The summed E-state index contributed by atoms with van der Waals surface area (Å²) in [5, 5.41) is 0. The minimum atomic E-state index is -0.169. The minimum Gasteiger partial charge on any atom is -0.278 e. The number of fused-ring (bicyclic) bond motifs is 1. The van der Waals surface area contributed by atoms with Crippen molar-refractivity contribution in [2.24, 2.45) is 28.2 Å². The first-order valence-electron chi connectivity index (χ1n) is 10.5. The highest BCUT2D eigenvalue weighted by Gasteiger charge is 2.60. The van der Waals surface area contributed by atoms with E-state index in [2.05, 4.69) is 6.92 Å². The lowest BCUT2D eigenvalue weighted by atomic mass is 9.71. The van der Waals surface area contributed by atoms with Crippen molar-refractivity contribution in [3.05, 3.63) is 26.4 Å². The Hall–Kier alpha value is -1.65. The molecule has 0 spiro atoms. The molecular formula is C21H29N3O2. The molecule has 0 aromatic carbocycles. The summed E-state index contributed by atoms with van der Waals surface area (Å²) in [6, 6.07) is 0. The highest BCUT2D eigenvalue weighted by Crippen LogP contribution is 2.66. The summed E-state index contributed by atoms with van der Waals surface area (Å²) in [6.07, 6.45) is 8.99. The van der Waals surface area contributed by atoms with Gasteiger partial charge in [0, 0.05) is 30.6 Å². The predicted molar refractivity (Wildman–Crippen MR) is 102 cm³/mol. The van der Waals surface area contributed by atoms with Crippen LogP contribution in [0, 0.1) is 23.2 Å². The van der Waals surface area contributed by atoms with Gasteiger partial charge < -0.3 is 0 Å². The van der Waals surface area contributed by atoms with Crippen LogP contribution in [0.2, 0.25) is 0 Å². The van der Waals surface area contributed by atoms with Gasteiger partial charge in [0.15, 0.2) is 0 Å². The van der Waals surface area contributed by atoms with E-state index >= 15 is 0 Å². The van der Waals surface area contributed by atoms with Crippen LogP contribution in [0.5, 0.6) is 0 Å². The molecule has 1 aliphatic heterocycles. The molecule has 5 aliphatic rings. The van der Waals surface area contributed by atoms with Crippen LogP contribution in [0.1, 0.15) is 64.4 Å². The third-order valence-electron chi connectivity index (χ3n) is 7.53. The van der Waals surface area contributed by atoms with Crippen molar-refractivity contribution in [2.75, 3.05) is 0 Å². The van der Waals surface area contributed by atoms with Crippen LogP contribution in [-0.2, 0) is 19.5 Å². The first-order valence-corrected chi connectivity index (χ1v) is 10.5. The second-order valence-corrected chi connectivity index (χ2v) is 9.13. The maximum Gasteiger partial charge on any atom is 0.332 e. The second kappa shape index (κ2) is 5.67. The van der Waals surface area contributed by atoms with Crippen LogP contribution >= 0.6 is 0 Å².